The van der Waals surface area contributed by atoms with E-state index in [0.717, 1.165) is 35.4 Å². The third-order valence-corrected chi connectivity index (χ3v) is 6.89. The molecule has 4 nitrogen and oxygen atoms in total. The fourth-order valence-electron chi connectivity index (χ4n) is 3.55. The molecule has 0 aliphatic carbocycles. The number of benzene rings is 2. The Hall–Kier alpha value is -1.86. The zero-order valence-corrected chi connectivity index (χ0v) is 19.3. The van der Waals surface area contributed by atoms with Crippen LogP contribution < -0.4 is 4.90 Å². The Morgan fingerprint density at radius 1 is 1.20 bits per heavy atom. The second kappa shape index (κ2) is 10.4. The van der Waals surface area contributed by atoms with Gasteiger partial charge < -0.3 is 10.0 Å². The molecule has 1 aliphatic rings. The number of rotatable bonds is 9. The van der Waals surface area contributed by atoms with Crippen LogP contribution in [0.2, 0.25) is 0 Å². The maximum atomic E-state index is 14.5. The zero-order valence-electron chi connectivity index (χ0n) is 16.9. The number of hydrogen-bond donors (Lipinski definition) is 1. The van der Waals surface area contributed by atoms with Crippen LogP contribution in [0, 0.1) is 5.82 Å². The van der Waals surface area contributed by atoms with Crippen molar-refractivity contribution in [2.24, 2.45) is 0 Å². The summed E-state index contributed by atoms with van der Waals surface area (Å²) < 4.78 is 15.1. The number of aryl methyl sites for hydroxylation is 1. The molecule has 2 aromatic rings. The molecular formula is C23H25BrFNO3S. The number of amides is 1. The van der Waals surface area contributed by atoms with Crippen LogP contribution in [-0.2, 0) is 22.6 Å². The second-order valence-corrected chi connectivity index (χ2v) is 9.64. The minimum absolute atomic E-state index is 0.0704. The Bertz CT molecular complexity index is 937. The largest absolute Gasteiger partial charge is 0.481 e. The van der Waals surface area contributed by atoms with Crippen molar-refractivity contribution < 1.29 is 19.1 Å². The highest BCUT2D eigenvalue weighted by molar-refractivity contribution is 9.10. The van der Waals surface area contributed by atoms with Crippen molar-refractivity contribution in [1.29, 1.82) is 0 Å². The molecule has 0 aromatic heterocycles. The summed E-state index contributed by atoms with van der Waals surface area (Å²) in [6.07, 6.45) is 5.27. The molecule has 0 saturated heterocycles. The van der Waals surface area contributed by atoms with E-state index < -0.39 is 17.0 Å². The summed E-state index contributed by atoms with van der Waals surface area (Å²) in [6, 6.07) is 10.8. The number of carbonyl (C=O) groups excluding carboxylic acids is 1. The molecular weight excluding hydrogens is 469 g/mol. The molecule has 0 saturated carbocycles. The first-order valence-corrected chi connectivity index (χ1v) is 11.8. The highest BCUT2D eigenvalue weighted by atomic mass is 79.9. The molecule has 1 amide bonds. The van der Waals surface area contributed by atoms with Crippen LogP contribution in [0.25, 0.3) is 0 Å². The van der Waals surface area contributed by atoms with Crippen molar-refractivity contribution in [3.8, 4) is 0 Å². The molecule has 160 valence electrons. The van der Waals surface area contributed by atoms with Gasteiger partial charge in [0.05, 0.1) is 23.9 Å². The molecule has 30 heavy (non-hydrogen) atoms. The molecule has 1 aliphatic heterocycles. The van der Waals surface area contributed by atoms with E-state index in [1.807, 2.05) is 18.2 Å². The normalized spacial score (nSPS) is 15.9. The van der Waals surface area contributed by atoms with Crippen molar-refractivity contribution in [3.63, 3.8) is 0 Å². The number of nitrogens with zero attached hydrogens (tertiary/aromatic N) is 1. The Labute approximate surface area is 189 Å². The van der Waals surface area contributed by atoms with Gasteiger partial charge in [-0.15, -0.1) is 11.8 Å². The van der Waals surface area contributed by atoms with Crippen molar-refractivity contribution in [1.82, 2.24) is 0 Å². The summed E-state index contributed by atoms with van der Waals surface area (Å²) in [5.74, 6) is -1.71. The van der Waals surface area contributed by atoms with Gasteiger partial charge in [-0.3, -0.25) is 9.59 Å². The summed E-state index contributed by atoms with van der Waals surface area (Å²) in [7, 11) is 0. The third-order valence-electron chi connectivity index (χ3n) is 5.15. The molecule has 0 fully saturated rings. The monoisotopic (exact) mass is 493 g/mol. The number of unbranched alkanes of at least 4 members (excludes halogenated alkanes) is 3. The smallest absolute Gasteiger partial charge is 0.305 e. The van der Waals surface area contributed by atoms with E-state index >= 15 is 0 Å². The molecule has 7 heteroatoms. The molecule has 1 N–H and O–H groups in total. The standard InChI is InChI=1S/C23H25BrFNO3S/c1-2-3-4-5-6-15-7-10-20-19(11-15)26(23(29)21(30-20)13-22(27)28)14-16-8-9-17(24)12-18(16)25/h7-12,21H,2-6,13-14H2,1H3,(H,27,28). The summed E-state index contributed by atoms with van der Waals surface area (Å²) in [5.41, 5.74) is 2.27. The van der Waals surface area contributed by atoms with Gasteiger partial charge in [0.15, 0.2) is 0 Å². The van der Waals surface area contributed by atoms with Gasteiger partial charge >= 0.3 is 5.97 Å². The SMILES string of the molecule is CCCCCCc1ccc2c(c1)N(Cc1ccc(Br)cc1F)C(=O)C(CC(=O)O)S2. The zero-order chi connectivity index (χ0) is 21.7. The van der Waals surface area contributed by atoms with Crippen LogP contribution in [0.15, 0.2) is 45.8 Å². The van der Waals surface area contributed by atoms with Crippen LogP contribution >= 0.6 is 27.7 Å². The van der Waals surface area contributed by atoms with Gasteiger partial charge in [0.25, 0.3) is 0 Å². The highest BCUT2D eigenvalue weighted by Gasteiger charge is 2.35. The van der Waals surface area contributed by atoms with Gasteiger partial charge in [0, 0.05) is 14.9 Å². The molecule has 1 heterocycles. The summed E-state index contributed by atoms with van der Waals surface area (Å²) in [5, 5.41) is 8.50. The van der Waals surface area contributed by atoms with Gasteiger partial charge in [0.2, 0.25) is 5.91 Å². The number of fused-ring (bicyclic) bond motifs is 1. The average Bonchev–Trinajstić information content (AvgIpc) is 2.70. The van der Waals surface area contributed by atoms with Gasteiger partial charge in [-0.1, -0.05) is 54.2 Å². The maximum Gasteiger partial charge on any atom is 0.305 e. The lowest BCUT2D eigenvalue weighted by Crippen LogP contribution is -2.41. The number of aliphatic carboxylic acids is 1. The molecule has 0 radical (unpaired) electrons. The summed E-state index contributed by atoms with van der Waals surface area (Å²) >= 11 is 4.53. The van der Waals surface area contributed by atoms with E-state index in [1.165, 1.54) is 30.7 Å². The van der Waals surface area contributed by atoms with Crippen LogP contribution in [0.4, 0.5) is 10.1 Å². The Kier molecular flexibility index (Phi) is 7.94. The van der Waals surface area contributed by atoms with E-state index in [9.17, 15) is 19.1 Å². The summed E-state index contributed by atoms with van der Waals surface area (Å²) in [4.78, 5) is 26.8. The van der Waals surface area contributed by atoms with Gasteiger partial charge in [-0.25, -0.2) is 4.39 Å². The number of carboxylic acids is 1. The summed E-state index contributed by atoms with van der Waals surface area (Å²) in [6.45, 7) is 2.25. The minimum Gasteiger partial charge on any atom is -0.481 e. The first-order valence-electron chi connectivity index (χ1n) is 10.2. The predicted octanol–water partition coefficient (Wildman–Crippen LogP) is 6.19. The lowest BCUT2D eigenvalue weighted by molar-refractivity contribution is -0.138. The molecule has 3 rings (SSSR count). The third kappa shape index (κ3) is 5.64. The van der Waals surface area contributed by atoms with Crippen LogP contribution in [0.1, 0.15) is 50.2 Å². The highest BCUT2D eigenvalue weighted by Crippen LogP contribution is 2.42. The Balaban J connectivity index is 1.91. The molecule has 1 unspecified atom stereocenters. The lowest BCUT2D eigenvalue weighted by atomic mass is 10.0. The number of carbonyl (C=O) groups is 2. The number of carboxylic acid groups (broad SMARTS) is 1. The predicted molar refractivity (Wildman–Crippen MR) is 121 cm³/mol. The van der Waals surface area contributed by atoms with E-state index in [1.54, 1.807) is 17.0 Å². The van der Waals surface area contributed by atoms with Crippen molar-refractivity contribution >= 4 is 45.3 Å². The van der Waals surface area contributed by atoms with Gasteiger partial charge in [-0.2, -0.15) is 0 Å². The van der Waals surface area contributed by atoms with Crippen molar-refractivity contribution in [2.75, 3.05) is 4.90 Å². The number of thioether (sulfide) groups is 1. The van der Waals surface area contributed by atoms with Crippen LogP contribution in [0.3, 0.4) is 0 Å². The Morgan fingerprint density at radius 3 is 2.70 bits per heavy atom. The van der Waals surface area contributed by atoms with Crippen LogP contribution in [-0.4, -0.2) is 22.2 Å². The van der Waals surface area contributed by atoms with Gasteiger partial charge in [0.1, 0.15) is 5.82 Å². The second-order valence-electron chi connectivity index (χ2n) is 7.48. The fraction of sp³-hybridized carbons (Fsp3) is 0.391. The average molecular weight is 494 g/mol. The van der Waals surface area contributed by atoms with E-state index in [2.05, 4.69) is 22.9 Å². The number of hydrogen-bond acceptors (Lipinski definition) is 3. The first-order chi connectivity index (χ1) is 14.4. The van der Waals surface area contributed by atoms with E-state index in [0.29, 0.717) is 10.0 Å². The quantitative estimate of drug-likeness (QED) is 0.422. The maximum absolute atomic E-state index is 14.5. The Morgan fingerprint density at radius 2 is 2.00 bits per heavy atom. The minimum atomic E-state index is -1.02. The first kappa shape index (κ1) is 22.8. The number of halogens is 2. The van der Waals surface area contributed by atoms with Crippen molar-refractivity contribution in [3.05, 3.63) is 57.8 Å². The molecule has 2 aromatic carbocycles. The van der Waals surface area contributed by atoms with E-state index in [4.69, 9.17) is 0 Å². The van der Waals surface area contributed by atoms with E-state index in [-0.39, 0.29) is 18.9 Å². The van der Waals surface area contributed by atoms with Crippen molar-refractivity contribution in [2.45, 2.75) is 62.1 Å². The molecule has 0 bridgehead atoms. The topological polar surface area (TPSA) is 57.6 Å². The molecule has 1 atom stereocenters. The van der Waals surface area contributed by atoms with Gasteiger partial charge in [-0.05, 0) is 42.7 Å². The number of anilines is 1. The van der Waals surface area contributed by atoms with Crippen LogP contribution in [0.5, 0.6) is 0 Å². The lowest BCUT2D eigenvalue weighted by Gasteiger charge is -2.34. The fourth-order valence-corrected chi connectivity index (χ4v) is 5.08. The molecule has 0 spiro atoms.